The van der Waals surface area contributed by atoms with Gasteiger partial charge in [-0.2, -0.15) is 0 Å². The number of rotatable bonds is 5. The molecule has 0 bridgehead atoms. The zero-order chi connectivity index (χ0) is 18.1. The van der Waals surface area contributed by atoms with Crippen LogP contribution in [0.15, 0.2) is 49.1 Å². The topological polar surface area (TPSA) is 45.5 Å². The Kier molecular flexibility index (Phi) is 4.47. The molecule has 0 aliphatic carbocycles. The minimum atomic E-state index is -0.340. The van der Waals surface area contributed by atoms with E-state index in [9.17, 15) is 0 Å². The highest BCUT2D eigenvalue weighted by molar-refractivity contribution is 6.30. The molecule has 5 nitrogen and oxygen atoms in total. The summed E-state index contributed by atoms with van der Waals surface area (Å²) in [7, 11) is 0. The van der Waals surface area contributed by atoms with E-state index in [1.54, 1.807) is 18.7 Å². The molecule has 0 spiro atoms. The van der Waals surface area contributed by atoms with Crippen LogP contribution < -0.4 is 4.74 Å². The minimum Gasteiger partial charge on any atom is -0.487 e. The number of hydrogen-bond donors (Lipinski definition) is 0. The largest absolute Gasteiger partial charge is 0.487 e. The Bertz CT molecular complexity index is 955. The maximum atomic E-state index is 6.12. The standard InChI is InChI=1S/C20H19ClN2O3/c1-13-14(2)23(11-18-24-9-10-25-18)20-17(7-8-22-19(13)20)26-12-15-3-5-16(21)6-4-15/h3-10,18H,11-12H2,1-2H3. The van der Waals surface area contributed by atoms with Crippen molar-refractivity contribution in [1.82, 2.24) is 9.55 Å². The van der Waals surface area contributed by atoms with E-state index in [0.29, 0.717) is 18.2 Å². The fraction of sp³-hybridized carbons (Fsp3) is 0.250. The van der Waals surface area contributed by atoms with Crippen molar-refractivity contribution in [3.05, 3.63) is 70.9 Å². The van der Waals surface area contributed by atoms with Crippen LogP contribution in [0.5, 0.6) is 5.75 Å². The molecule has 1 aliphatic heterocycles. The van der Waals surface area contributed by atoms with Crippen molar-refractivity contribution in [2.45, 2.75) is 33.3 Å². The van der Waals surface area contributed by atoms with Gasteiger partial charge < -0.3 is 18.8 Å². The highest BCUT2D eigenvalue weighted by atomic mass is 35.5. The second-order valence-electron chi connectivity index (χ2n) is 6.22. The summed E-state index contributed by atoms with van der Waals surface area (Å²) in [5.41, 5.74) is 5.19. The lowest BCUT2D eigenvalue weighted by atomic mass is 10.2. The first-order chi connectivity index (χ1) is 12.6. The number of benzene rings is 1. The Morgan fingerprint density at radius 3 is 2.58 bits per heavy atom. The van der Waals surface area contributed by atoms with Gasteiger partial charge in [-0.15, -0.1) is 0 Å². The summed E-state index contributed by atoms with van der Waals surface area (Å²) >= 11 is 5.95. The van der Waals surface area contributed by atoms with E-state index in [0.717, 1.165) is 33.6 Å². The van der Waals surface area contributed by atoms with E-state index in [2.05, 4.69) is 23.4 Å². The SMILES string of the molecule is Cc1c(C)n(CC2OC=CO2)c2c(OCc3ccc(Cl)cc3)ccnc12. The van der Waals surface area contributed by atoms with Gasteiger partial charge in [-0.05, 0) is 37.1 Å². The van der Waals surface area contributed by atoms with Crippen LogP contribution in [0, 0.1) is 13.8 Å². The van der Waals surface area contributed by atoms with Crippen LogP contribution in [0.2, 0.25) is 5.02 Å². The molecule has 0 saturated carbocycles. The summed E-state index contributed by atoms with van der Waals surface area (Å²) < 4.78 is 19.2. The number of nitrogens with zero attached hydrogens (tertiary/aromatic N) is 2. The number of pyridine rings is 1. The lowest BCUT2D eigenvalue weighted by Gasteiger charge is -2.16. The maximum absolute atomic E-state index is 6.12. The molecule has 1 aliphatic rings. The zero-order valence-electron chi connectivity index (χ0n) is 14.6. The second kappa shape index (κ2) is 6.92. The van der Waals surface area contributed by atoms with E-state index in [-0.39, 0.29) is 6.29 Å². The molecule has 3 heterocycles. The molecule has 6 heteroatoms. The van der Waals surface area contributed by atoms with Crippen molar-refractivity contribution >= 4 is 22.6 Å². The molecular formula is C20H19ClN2O3. The molecule has 1 aromatic carbocycles. The lowest BCUT2D eigenvalue weighted by molar-refractivity contribution is -0.0337. The van der Waals surface area contributed by atoms with E-state index in [1.165, 1.54) is 0 Å². The number of ether oxygens (including phenoxy) is 3. The Labute approximate surface area is 156 Å². The smallest absolute Gasteiger partial charge is 0.257 e. The number of hydrogen-bond acceptors (Lipinski definition) is 4. The van der Waals surface area contributed by atoms with E-state index < -0.39 is 0 Å². The summed E-state index contributed by atoms with van der Waals surface area (Å²) in [6.07, 6.45) is 4.57. The minimum absolute atomic E-state index is 0.340. The second-order valence-corrected chi connectivity index (χ2v) is 6.65. The van der Waals surface area contributed by atoms with Gasteiger partial charge in [0.05, 0.1) is 12.1 Å². The predicted molar refractivity (Wildman–Crippen MR) is 100 cm³/mol. The maximum Gasteiger partial charge on any atom is 0.257 e. The number of aryl methyl sites for hydroxylation is 1. The van der Waals surface area contributed by atoms with Crippen LogP contribution in [0.25, 0.3) is 11.0 Å². The van der Waals surface area contributed by atoms with Gasteiger partial charge in [0.25, 0.3) is 6.29 Å². The Morgan fingerprint density at radius 1 is 1.12 bits per heavy atom. The Hall–Kier alpha value is -2.66. The van der Waals surface area contributed by atoms with Crippen LogP contribution in [0.4, 0.5) is 0 Å². The Balaban J connectivity index is 1.67. The van der Waals surface area contributed by atoms with Gasteiger partial charge >= 0.3 is 0 Å². The van der Waals surface area contributed by atoms with E-state index in [4.69, 9.17) is 25.8 Å². The quantitative estimate of drug-likeness (QED) is 0.651. The average Bonchev–Trinajstić information content (AvgIpc) is 3.25. The lowest BCUT2D eigenvalue weighted by Crippen LogP contribution is -2.17. The molecule has 0 amide bonds. The van der Waals surface area contributed by atoms with Crippen molar-refractivity contribution in [3.63, 3.8) is 0 Å². The van der Waals surface area contributed by atoms with Crippen LogP contribution in [0.3, 0.4) is 0 Å². The fourth-order valence-corrected chi connectivity index (χ4v) is 3.23. The molecule has 0 N–H and O–H groups in total. The number of fused-ring (bicyclic) bond motifs is 1. The van der Waals surface area contributed by atoms with Gasteiger partial charge in [-0.1, -0.05) is 23.7 Å². The first-order valence-electron chi connectivity index (χ1n) is 8.41. The molecule has 2 aromatic heterocycles. The molecule has 0 fully saturated rings. The zero-order valence-corrected chi connectivity index (χ0v) is 15.4. The number of aromatic nitrogens is 2. The van der Waals surface area contributed by atoms with Crippen molar-refractivity contribution in [1.29, 1.82) is 0 Å². The summed E-state index contributed by atoms with van der Waals surface area (Å²) in [6.45, 7) is 5.16. The highest BCUT2D eigenvalue weighted by Crippen LogP contribution is 2.32. The summed E-state index contributed by atoms with van der Waals surface area (Å²) in [5.74, 6) is 0.784. The van der Waals surface area contributed by atoms with Crippen molar-refractivity contribution in [2.75, 3.05) is 0 Å². The predicted octanol–water partition coefficient (Wildman–Crippen LogP) is 4.73. The summed E-state index contributed by atoms with van der Waals surface area (Å²) in [6, 6.07) is 9.54. The van der Waals surface area contributed by atoms with Crippen molar-refractivity contribution in [3.8, 4) is 5.75 Å². The van der Waals surface area contributed by atoms with Crippen molar-refractivity contribution < 1.29 is 14.2 Å². The van der Waals surface area contributed by atoms with Crippen molar-refractivity contribution in [2.24, 2.45) is 0 Å². The third-order valence-electron chi connectivity index (χ3n) is 4.62. The molecule has 0 atom stereocenters. The normalized spacial score (nSPS) is 13.8. The van der Waals surface area contributed by atoms with Crippen LogP contribution in [-0.4, -0.2) is 15.8 Å². The Morgan fingerprint density at radius 2 is 1.85 bits per heavy atom. The van der Waals surface area contributed by atoms with Gasteiger partial charge in [0.1, 0.15) is 30.4 Å². The number of halogens is 1. The van der Waals surface area contributed by atoms with Gasteiger partial charge in [-0.25, -0.2) is 0 Å². The average molecular weight is 371 g/mol. The third kappa shape index (κ3) is 3.10. The first kappa shape index (κ1) is 16.8. The van der Waals surface area contributed by atoms with Crippen LogP contribution in [-0.2, 0) is 22.6 Å². The molecule has 3 aromatic rings. The molecule has 0 unspecified atom stereocenters. The first-order valence-corrected chi connectivity index (χ1v) is 8.79. The molecule has 0 radical (unpaired) electrons. The van der Waals surface area contributed by atoms with Crippen LogP contribution >= 0.6 is 11.6 Å². The molecule has 4 rings (SSSR count). The fourth-order valence-electron chi connectivity index (χ4n) is 3.11. The summed E-state index contributed by atoms with van der Waals surface area (Å²) in [4.78, 5) is 4.55. The van der Waals surface area contributed by atoms with Gasteiger partial charge in [-0.3, -0.25) is 4.98 Å². The van der Waals surface area contributed by atoms with Gasteiger partial charge in [0.2, 0.25) is 0 Å². The molecule has 134 valence electrons. The highest BCUT2D eigenvalue weighted by Gasteiger charge is 2.21. The molecule has 0 saturated heterocycles. The van der Waals surface area contributed by atoms with E-state index >= 15 is 0 Å². The molecule has 26 heavy (non-hydrogen) atoms. The van der Waals surface area contributed by atoms with Gasteiger partial charge in [0.15, 0.2) is 0 Å². The van der Waals surface area contributed by atoms with E-state index in [1.807, 2.05) is 30.3 Å². The third-order valence-corrected chi connectivity index (χ3v) is 4.87. The van der Waals surface area contributed by atoms with Crippen LogP contribution in [0.1, 0.15) is 16.8 Å². The van der Waals surface area contributed by atoms with Gasteiger partial charge in [0, 0.05) is 23.0 Å². The molecular weight excluding hydrogens is 352 g/mol. The summed E-state index contributed by atoms with van der Waals surface area (Å²) in [5, 5.41) is 0.713. The monoisotopic (exact) mass is 370 g/mol.